The van der Waals surface area contributed by atoms with Gasteiger partial charge in [-0.25, -0.2) is 8.78 Å². The van der Waals surface area contributed by atoms with Crippen LogP contribution in [0.2, 0.25) is 0 Å². The van der Waals surface area contributed by atoms with Gasteiger partial charge >= 0.3 is 0 Å². The van der Waals surface area contributed by atoms with E-state index < -0.39 is 23.2 Å². The van der Waals surface area contributed by atoms with Gasteiger partial charge in [-0.3, -0.25) is 4.79 Å². The van der Waals surface area contributed by atoms with Crippen LogP contribution in [0.4, 0.5) is 14.5 Å². The van der Waals surface area contributed by atoms with Gasteiger partial charge in [-0.1, -0.05) is 18.2 Å². The van der Waals surface area contributed by atoms with Crippen molar-refractivity contribution in [3.05, 3.63) is 71.4 Å². The maximum atomic E-state index is 13.5. The van der Waals surface area contributed by atoms with Gasteiger partial charge in [0.2, 0.25) is 0 Å². The molecule has 25 heavy (non-hydrogen) atoms. The molecule has 0 aliphatic heterocycles. The Balaban J connectivity index is 2.01. The summed E-state index contributed by atoms with van der Waals surface area (Å²) in [5.74, 6) is -1.63. The molecule has 0 saturated heterocycles. The fraction of sp³-hybridized carbons (Fsp3) is 0.111. The number of carbonyl (C=O) groups excluding carboxylic acids is 1. The van der Waals surface area contributed by atoms with Crippen molar-refractivity contribution in [3.8, 4) is 11.8 Å². The predicted octanol–water partition coefficient (Wildman–Crippen LogP) is 3.11. The highest BCUT2D eigenvalue weighted by atomic mass is 19.1. The van der Waals surface area contributed by atoms with Gasteiger partial charge in [0.1, 0.15) is 34.7 Å². The molecular formula is C18H15F2N3O2. The molecule has 0 spiro atoms. The Morgan fingerprint density at radius 3 is 2.40 bits per heavy atom. The van der Waals surface area contributed by atoms with E-state index in [9.17, 15) is 13.6 Å². The molecule has 0 fully saturated rings. The SMILES string of the molecule is COc1ccc(CNC(=O)/C(C#N)=C\Nc2c(F)cccc2F)cc1. The Hall–Kier alpha value is -3.40. The van der Waals surface area contributed by atoms with Crippen LogP contribution in [-0.2, 0) is 11.3 Å². The van der Waals surface area contributed by atoms with E-state index in [1.807, 2.05) is 0 Å². The van der Waals surface area contributed by atoms with Crippen LogP contribution in [0.15, 0.2) is 54.2 Å². The Kier molecular flexibility index (Phi) is 6.07. The van der Waals surface area contributed by atoms with Crippen molar-refractivity contribution in [1.29, 1.82) is 5.26 Å². The number of ether oxygens (including phenoxy) is 1. The third kappa shape index (κ3) is 4.78. The topological polar surface area (TPSA) is 74.1 Å². The molecule has 5 nitrogen and oxygen atoms in total. The van der Waals surface area contributed by atoms with Crippen molar-refractivity contribution in [2.75, 3.05) is 12.4 Å². The van der Waals surface area contributed by atoms with Crippen LogP contribution in [0.5, 0.6) is 5.75 Å². The Morgan fingerprint density at radius 2 is 1.84 bits per heavy atom. The lowest BCUT2D eigenvalue weighted by molar-refractivity contribution is -0.117. The monoisotopic (exact) mass is 343 g/mol. The number of halogens is 2. The normalized spacial score (nSPS) is 10.7. The zero-order chi connectivity index (χ0) is 18.2. The number of nitrogens with zero attached hydrogens (tertiary/aromatic N) is 1. The average Bonchev–Trinajstić information content (AvgIpc) is 2.63. The minimum atomic E-state index is -0.827. The quantitative estimate of drug-likeness (QED) is 0.624. The summed E-state index contributed by atoms with van der Waals surface area (Å²) >= 11 is 0. The third-order valence-corrected chi connectivity index (χ3v) is 3.30. The van der Waals surface area contributed by atoms with Gasteiger partial charge in [-0.15, -0.1) is 0 Å². The van der Waals surface area contributed by atoms with Gasteiger partial charge in [0.25, 0.3) is 5.91 Å². The van der Waals surface area contributed by atoms with E-state index in [0.29, 0.717) is 5.75 Å². The molecule has 2 N–H and O–H groups in total. The summed E-state index contributed by atoms with van der Waals surface area (Å²) in [6, 6.07) is 12.0. The number of amides is 1. The predicted molar refractivity (Wildman–Crippen MR) is 88.5 cm³/mol. The van der Waals surface area contributed by atoms with Crippen molar-refractivity contribution in [2.24, 2.45) is 0 Å². The molecule has 0 aromatic heterocycles. The fourth-order valence-electron chi connectivity index (χ4n) is 1.95. The molecule has 0 aliphatic rings. The molecule has 1 amide bonds. The summed E-state index contributed by atoms with van der Waals surface area (Å²) < 4.78 is 32.1. The third-order valence-electron chi connectivity index (χ3n) is 3.30. The first kappa shape index (κ1) is 17.9. The van der Waals surface area contributed by atoms with Gasteiger partial charge in [-0.05, 0) is 29.8 Å². The molecule has 0 radical (unpaired) electrons. The van der Waals surface area contributed by atoms with Crippen LogP contribution in [0.25, 0.3) is 0 Å². The van der Waals surface area contributed by atoms with Gasteiger partial charge in [0.15, 0.2) is 0 Å². The summed E-state index contributed by atoms with van der Waals surface area (Å²) in [6.07, 6.45) is 0.963. The summed E-state index contributed by atoms with van der Waals surface area (Å²) in [5, 5.41) is 13.9. The van der Waals surface area contributed by atoms with Crippen LogP contribution >= 0.6 is 0 Å². The molecule has 0 saturated carbocycles. The number of hydrogen-bond acceptors (Lipinski definition) is 4. The number of carbonyl (C=O) groups is 1. The zero-order valence-corrected chi connectivity index (χ0v) is 13.3. The molecule has 128 valence electrons. The first-order chi connectivity index (χ1) is 12.0. The van der Waals surface area contributed by atoms with Crippen LogP contribution in [0.1, 0.15) is 5.56 Å². The van der Waals surface area contributed by atoms with Crippen LogP contribution in [0, 0.1) is 23.0 Å². The number of methoxy groups -OCH3 is 1. The maximum absolute atomic E-state index is 13.5. The second-order valence-electron chi connectivity index (χ2n) is 4.94. The largest absolute Gasteiger partial charge is 0.497 e. The number of benzene rings is 2. The van der Waals surface area contributed by atoms with E-state index in [1.165, 1.54) is 6.07 Å². The van der Waals surface area contributed by atoms with E-state index in [4.69, 9.17) is 10.00 Å². The first-order valence-electron chi connectivity index (χ1n) is 7.27. The fourth-order valence-corrected chi connectivity index (χ4v) is 1.95. The van der Waals surface area contributed by atoms with E-state index in [0.717, 1.165) is 23.9 Å². The molecule has 0 aliphatic carbocycles. The van der Waals surface area contributed by atoms with Gasteiger partial charge in [-0.2, -0.15) is 5.26 Å². The summed E-state index contributed by atoms with van der Waals surface area (Å²) in [6.45, 7) is 0.190. The highest BCUT2D eigenvalue weighted by molar-refractivity contribution is 5.97. The lowest BCUT2D eigenvalue weighted by Crippen LogP contribution is -2.24. The van der Waals surface area contributed by atoms with E-state index in [2.05, 4.69) is 10.6 Å². The number of rotatable bonds is 6. The molecule has 0 bridgehead atoms. The number of nitrogens with one attached hydrogen (secondary N) is 2. The Labute approximate surface area is 143 Å². The van der Waals surface area contributed by atoms with Crippen molar-refractivity contribution < 1.29 is 18.3 Å². The molecule has 0 unspecified atom stereocenters. The van der Waals surface area contributed by atoms with E-state index in [-0.39, 0.29) is 12.1 Å². The standard InChI is InChI=1S/C18H15F2N3O2/c1-25-14-7-5-12(6-8-14)10-23-18(24)13(9-21)11-22-17-15(19)3-2-4-16(17)20/h2-8,11,22H,10H2,1H3,(H,23,24)/b13-11-. The second-order valence-corrected chi connectivity index (χ2v) is 4.94. The molecule has 2 rings (SSSR count). The summed E-state index contributed by atoms with van der Waals surface area (Å²) in [7, 11) is 1.55. The molecule has 0 atom stereocenters. The van der Waals surface area contributed by atoms with Crippen LogP contribution in [-0.4, -0.2) is 13.0 Å². The average molecular weight is 343 g/mol. The second kappa shape index (κ2) is 8.45. The summed E-state index contributed by atoms with van der Waals surface area (Å²) in [5.41, 5.74) is 0.0638. The Bertz CT molecular complexity index is 807. The van der Waals surface area contributed by atoms with Gasteiger partial charge < -0.3 is 15.4 Å². The van der Waals surface area contributed by atoms with Gasteiger partial charge in [0.05, 0.1) is 7.11 Å². The molecular weight excluding hydrogens is 328 g/mol. The highest BCUT2D eigenvalue weighted by Gasteiger charge is 2.11. The Morgan fingerprint density at radius 1 is 1.20 bits per heavy atom. The van der Waals surface area contributed by atoms with Crippen molar-refractivity contribution in [2.45, 2.75) is 6.54 Å². The first-order valence-corrected chi connectivity index (χ1v) is 7.27. The van der Waals surface area contributed by atoms with Crippen molar-refractivity contribution in [3.63, 3.8) is 0 Å². The minimum Gasteiger partial charge on any atom is -0.497 e. The van der Waals surface area contributed by atoms with Crippen LogP contribution in [0.3, 0.4) is 0 Å². The smallest absolute Gasteiger partial charge is 0.263 e. The molecule has 0 heterocycles. The zero-order valence-electron chi connectivity index (χ0n) is 13.3. The van der Waals surface area contributed by atoms with E-state index >= 15 is 0 Å². The molecule has 2 aromatic rings. The lowest BCUT2D eigenvalue weighted by Gasteiger charge is -2.07. The highest BCUT2D eigenvalue weighted by Crippen LogP contribution is 2.18. The molecule has 7 heteroatoms. The van der Waals surface area contributed by atoms with E-state index in [1.54, 1.807) is 37.4 Å². The van der Waals surface area contributed by atoms with Gasteiger partial charge in [0, 0.05) is 12.7 Å². The number of nitriles is 1. The van der Waals surface area contributed by atoms with Crippen molar-refractivity contribution in [1.82, 2.24) is 5.32 Å². The number of anilines is 1. The van der Waals surface area contributed by atoms with Crippen molar-refractivity contribution >= 4 is 11.6 Å². The maximum Gasteiger partial charge on any atom is 0.263 e. The number of hydrogen-bond donors (Lipinski definition) is 2. The van der Waals surface area contributed by atoms with Crippen LogP contribution < -0.4 is 15.4 Å². The minimum absolute atomic E-state index is 0.190. The number of para-hydroxylation sites is 1. The molecule has 2 aromatic carbocycles. The summed E-state index contributed by atoms with van der Waals surface area (Å²) in [4.78, 5) is 12.0. The lowest BCUT2D eigenvalue weighted by atomic mass is 10.2.